The Bertz CT molecular complexity index is 428. The lowest BCUT2D eigenvalue weighted by molar-refractivity contribution is -0.0523. The quantitative estimate of drug-likeness (QED) is 0.591. The minimum absolute atomic E-state index is 0.00739. The van der Waals surface area contributed by atoms with Crippen molar-refractivity contribution in [2.75, 3.05) is 25.6 Å². The van der Waals surface area contributed by atoms with E-state index in [0.29, 0.717) is 19.1 Å². The molecule has 2 N–H and O–H groups in total. The Morgan fingerprint density at radius 3 is 2.45 bits per heavy atom. The predicted octanol–water partition coefficient (Wildman–Crippen LogP) is 3.06. The van der Waals surface area contributed by atoms with E-state index in [1.807, 2.05) is 13.8 Å². The van der Waals surface area contributed by atoms with E-state index in [9.17, 15) is 13.2 Å². The molecule has 0 bridgehead atoms. The van der Waals surface area contributed by atoms with Crippen LogP contribution in [0.4, 0.5) is 18.9 Å². The first-order chi connectivity index (χ1) is 9.40. The molecule has 20 heavy (non-hydrogen) atoms. The lowest BCUT2D eigenvalue weighted by Crippen LogP contribution is -2.11. The van der Waals surface area contributed by atoms with Crippen LogP contribution in [-0.2, 0) is 4.74 Å². The number of benzene rings is 1. The number of nitrogens with two attached hydrogens (primary N) is 1. The maximum absolute atomic E-state index is 13.3. The highest BCUT2D eigenvalue weighted by Gasteiger charge is 2.14. The van der Waals surface area contributed by atoms with Gasteiger partial charge < -0.3 is 19.9 Å². The number of alkyl halides is 2. The summed E-state index contributed by atoms with van der Waals surface area (Å²) in [5.41, 5.74) is 5.54. The molecule has 0 saturated heterocycles. The van der Waals surface area contributed by atoms with Gasteiger partial charge in [0.15, 0.2) is 11.6 Å². The second-order valence-electron chi connectivity index (χ2n) is 4.52. The lowest BCUT2D eigenvalue weighted by atomic mass is 10.2. The van der Waals surface area contributed by atoms with Gasteiger partial charge in [-0.1, -0.05) is 13.8 Å². The Kier molecular flexibility index (Phi) is 6.44. The molecule has 0 atom stereocenters. The molecule has 4 nitrogen and oxygen atoms in total. The van der Waals surface area contributed by atoms with E-state index in [1.165, 1.54) is 0 Å². The highest BCUT2D eigenvalue weighted by atomic mass is 19.3. The summed E-state index contributed by atoms with van der Waals surface area (Å²) >= 11 is 0. The smallest absolute Gasteiger partial charge is 0.387 e. The van der Waals surface area contributed by atoms with Gasteiger partial charge in [-0.15, -0.1) is 0 Å². The Morgan fingerprint density at radius 2 is 1.85 bits per heavy atom. The van der Waals surface area contributed by atoms with E-state index >= 15 is 0 Å². The number of hydrogen-bond acceptors (Lipinski definition) is 4. The summed E-state index contributed by atoms with van der Waals surface area (Å²) in [6, 6.07) is 1.88. The average molecular weight is 293 g/mol. The zero-order valence-corrected chi connectivity index (χ0v) is 11.4. The number of ether oxygens (including phenoxy) is 3. The number of hydrogen-bond donors (Lipinski definition) is 1. The van der Waals surface area contributed by atoms with Gasteiger partial charge in [-0.05, 0) is 5.92 Å². The van der Waals surface area contributed by atoms with Gasteiger partial charge in [-0.25, -0.2) is 4.39 Å². The second kappa shape index (κ2) is 7.84. The topological polar surface area (TPSA) is 53.7 Å². The molecule has 0 aliphatic carbocycles. The van der Waals surface area contributed by atoms with Crippen molar-refractivity contribution in [3.05, 3.63) is 17.9 Å². The van der Waals surface area contributed by atoms with Crippen LogP contribution in [0.15, 0.2) is 12.1 Å². The molecule has 0 amide bonds. The van der Waals surface area contributed by atoms with Crippen LogP contribution in [0.1, 0.15) is 13.8 Å². The summed E-state index contributed by atoms with van der Waals surface area (Å²) in [6.45, 7) is 1.98. The molecular formula is C13H18F3NO3. The highest BCUT2D eigenvalue weighted by molar-refractivity contribution is 5.56. The summed E-state index contributed by atoms with van der Waals surface area (Å²) in [7, 11) is 0. The molecule has 0 aliphatic heterocycles. The van der Waals surface area contributed by atoms with Crippen LogP contribution >= 0.6 is 0 Å². The van der Waals surface area contributed by atoms with Gasteiger partial charge in [0.25, 0.3) is 0 Å². The minimum Gasteiger partial charge on any atom is -0.489 e. The molecule has 114 valence electrons. The third-order valence-corrected chi connectivity index (χ3v) is 2.22. The lowest BCUT2D eigenvalue weighted by Gasteiger charge is -2.13. The van der Waals surface area contributed by atoms with Crippen LogP contribution in [0.5, 0.6) is 11.5 Å². The minimum atomic E-state index is -3.12. The fraction of sp³-hybridized carbons (Fsp3) is 0.538. The van der Waals surface area contributed by atoms with Crippen molar-refractivity contribution in [2.45, 2.75) is 20.5 Å². The van der Waals surface area contributed by atoms with E-state index in [2.05, 4.69) is 4.74 Å². The normalized spacial score (nSPS) is 11.2. The molecule has 7 heteroatoms. The Balaban J connectivity index is 2.56. The maximum atomic E-state index is 13.3. The van der Waals surface area contributed by atoms with Gasteiger partial charge in [-0.3, -0.25) is 0 Å². The van der Waals surface area contributed by atoms with Crippen LogP contribution in [0.3, 0.4) is 0 Å². The fourth-order valence-corrected chi connectivity index (χ4v) is 1.39. The molecule has 0 unspecified atom stereocenters. The van der Waals surface area contributed by atoms with Crippen molar-refractivity contribution in [1.82, 2.24) is 0 Å². The maximum Gasteiger partial charge on any atom is 0.387 e. The van der Waals surface area contributed by atoms with Crippen molar-refractivity contribution in [3.63, 3.8) is 0 Å². The van der Waals surface area contributed by atoms with Crippen LogP contribution in [0, 0.1) is 11.7 Å². The Hall–Kier alpha value is -1.63. The molecule has 0 radical (unpaired) electrons. The first-order valence-electron chi connectivity index (χ1n) is 6.14. The standard InChI is InChI=1S/C13H18F3NO3/c1-8(2)7-18-3-4-19-12-6-11(20-13(15)16)9(14)5-10(12)17/h5-6,8,13H,3-4,7,17H2,1-2H3. The highest BCUT2D eigenvalue weighted by Crippen LogP contribution is 2.31. The molecule has 1 rings (SSSR count). The third-order valence-electron chi connectivity index (χ3n) is 2.22. The molecular weight excluding hydrogens is 275 g/mol. The number of anilines is 1. The summed E-state index contributed by atoms with van der Waals surface area (Å²) < 4.78 is 52.0. The number of nitrogen functional groups attached to an aromatic ring is 1. The molecule has 0 spiro atoms. The molecule has 1 aromatic carbocycles. The average Bonchev–Trinajstić information content (AvgIpc) is 2.33. The summed E-state index contributed by atoms with van der Waals surface area (Å²) in [6.07, 6.45) is 0. The zero-order valence-electron chi connectivity index (χ0n) is 11.4. The molecule has 0 saturated carbocycles. The number of rotatable bonds is 8. The molecule has 0 aliphatic rings. The summed E-state index contributed by atoms with van der Waals surface area (Å²) in [4.78, 5) is 0. The van der Waals surface area contributed by atoms with Crippen molar-refractivity contribution >= 4 is 5.69 Å². The summed E-state index contributed by atoms with van der Waals surface area (Å²) in [5, 5.41) is 0. The third kappa shape index (κ3) is 5.56. The van der Waals surface area contributed by atoms with Gasteiger partial charge in [0.05, 0.1) is 12.3 Å². The first kappa shape index (κ1) is 16.4. The monoisotopic (exact) mass is 293 g/mol. The fourth-order valence-electron chi connectivity index (χ4n) is 1.39. The van der Waals surface area contributed by atoms with E-state index < -0.39 is 18.2 Å². The van der Waals surface area contributed by atoms with E-state index in [4.69, 9.17) is 15.2 Å². The zero-order chi connectivity index (χ0) is 15.1. The Labute approximate surface area is 115 Å². The van der Waals surface area contributed by atoms with Gasteiger partial charge >= 0.3 is 6.61 Å². The van der Waals surface area contributed by atoms with Crippen LogP contribution in [0.25, 0.3) is 0 Å². The van der Waals surface area contributed by atoms with Crippen molar-refractivity contribution in [2.24, 2.45) is 5.92 Å². The molecule has 0 fully saturated rings. The largest absolute Gasteiger partial charge is 0.489 e. The van der Waals surface area contributed by atoms with Gasteiger partial charge in [-0.2, -0.15) is 8.78 Å². The van der Waals surface area contributed by atoms with E-state index in [-0.39, 0.29) is 18.0 Å². The molecule has 0 heterocycles. The SMILES string of the molecule is CC(C)COCCOc1cc(OC(F)F)c(F)cc1N. The van der Waals surface area contributed by atoms with Crippen molar-refractivity contribution in [3.8, 4) is 11.5 Å². The number of halogens is 3. The van der Waals surface area contributed by atoms with Crippen LogP contribution < -0.4 is 15.2 Å². The first-order valence-corrected chi connectivity index (χ1v) is 6.14. The predicted molar refractivity (Wildman–Crippen MR) is 68.6 cm³/mol. The Morgan fingerprint density at radius 1 is 1.15 bits per heavy atom. The van der Waals surface area contributed by atoms with E-state index in [1.54, 1.807) is 0 Å². The van der Waals surface area contributed by atoms with Crippen LogP contribution in [0.2, 0.25) is 0 Å². The van der Waals surface area contributed by atoms with Crippen molar-refractivity contribution in [1.29, 1.82) is 0 Å². The molecule has 0 aromatic heterocycles. The van der Waals surface area contributed by atoms with Gasteiger partial charge in [0.2, 0.25) is 0 Å². The van der Waals surface area contributed by atoms with Crippen molar-refractivity contribution < 1.29 is 27.4 Å². The van der Waals surface area contributed by atoms with Gasteiger partial charge in [0.1, 0.15) is 12.4 Å². The molecule has 1 aromatic rings. The van der Waals surface area contributed by atoms with E-state index in [0.717, 1.165) is 12.1 Å². The van der Waals surface area contributed by atoms with Crippen LogP contribution in [-0.4, -0.2) is 26.4 Å². The second-order valence-corrected chi connectivity index (χ2v) is 4.52. The van der Waals surface area contributed by atoms with Gasteiger partial charge in [0, 0.05) is 18.7 Å². The summed E-state index contributed by atoms with van der Waals surface area (Å²) in [5.74, 6) is -1.09.